The Balaban J connectivity index is 1.48. The molecule has 5 heteroatoms. The average Bonchev–Trinajstić information content (AvgIpc) is 3.08. The molecule has 0 unspecified atom stereocenters. The molecule has 0 saturated carbocycles. The minimum atomic E-state index is -0.428. The number of fused-ring (bicyclic) bond motifs is 1. The zero-order chi connectivity index (χ0) is 17.2. The number of nitrogens with one attached hydrogen (secondary N) is 2. The van der Waals surface area contributed by atoms with E-state index in [0.717, 1.165) is 11.9 Å². The number of H-pyrrole nitrogens is 1. The molecule has 4 rings (SSSR count). The van der Waals surface area contributed by atoms with Crippen LogP contribution in [0, 0.1) is 5.82 Å². The average molecular weight is 335 g/mol. The lowest BCUT2D eigenvalue weighted by atomic mass is 9.99. The van der Waals surface area contributed by atoms with Crippen LogP contribution in [0.1, 0.15) is 12.0 Å². The normalized spacial score (nSPS) is 14.4. The lowest BCUT2D eigenvalue weighted by Crippen LogP contribution is -2.38. The highest BCUT2D eigenvalue weighted by molar-refractivity contribution is 5.94. The summed E-state index contributed by atoms with van der Waals surface area (Å²) in [6.45, 7) is 1.11. The number of hydrogen-bond donors (Lipinski definition) is 2. The summed E-state index contributed by atoms with van der Waals surface area (Å²) in [7, 11) is 0. The van der Waals surface area contributed by atoms with E-state index in [4.69, 9.17) is 0 Å². The van der Waals surface area contributed by atoms with Crippen molar-refractivity contribution in [3.05, 3.63) is 72.2 Å². The second kappa shape index (κ2) is 6.43. The van der Waals surface area contributed by atoms with Crippen molar-refractivity contribution in [2.24, 2.45) is 0 Å². The molecule has 126 valence electrons. The largest absolute Gasteiger partial charge is 0.361 e. The first-order chi connectivity index (χ1) is 12.2. The molecule has 4 nitrogen and oxygen atoms in total. The van der Waals surface area contributed by atoms with Gasteiger partial charge in [-0.2, -0.15) is 0 Å². The van der Waals surface area contributed by atoms with Crippen molar-refractivity contribution in [1.29, 1.82) is 0 Å². The quantitative estimate of drug-likeness (QED) is 0.705. The van der Waals surface area contributed by atoms with Gasteiger partial charge in [-0.15, -0.1) is 0 Å². The van der Waals surface area contributed by atoms with Crippen molar-refractivity contribution in [3.63, 3.8) is 0 Å². The third-order valence-electron chi connectivity index (χ3n) is 4.55. The van der Waals surface area contributed by atoms with Gasteiger partial charge in [0.05, 0.1) is 5.69 Å². The number of carbonyl (C=O) groups excluding carboxylic acids is 1. The monoisotopic (exact) mass is 335 g/mol. The molecule has 3 aromatic rings. The number of rotatable bonds is 2. The van der Waals surface area contributed by atoms with Crippen LogP contribution in [0.2, 0.25) is 0 Å². The van der Waals surface area contributed by atoms with E-state index >= 15 is 0 Å². The fraction of sp³-hybridized carbons (Fsp3) is 0.150. The van der Waals surface area contributed by atoms with Crippen LogP contribution < -0.4 is 5.32 Å². The van der Waals surface area contributed by atoms with Crippen LogP contribution in [0.3, 0.4) is 0 Å². The summed E-state index contributed by atoms with van der Waals surface area (Å²) in [4.78, 5) is 17.3. The van der Waals surface area contributed by atoms with Gasteiger partial charge in [0.1, 0.15) is 5.82 Å². The number of amides is 2. The number of carbonyl (C=O) groups is 1. The predicted octanol–water partition coefficient (Wildman–Crippen LogP) is 4.63. The van der Waals surface area contributed by atoms with E-state index in [1.165, 1.54) is 22.6 Å². The van der Waals surface area contributed by atoms with E-state index in [1.54, 1.807) is 23.1 Å². The minimum absolute atomic E-state index is 0.207. The van der Waals surface area contributed by atoms with Gasteiger partial charge in [-0.05, 0) is 30.2 Å². The Morgan fingerprint density at radius 3 is 2.72 bits per heavy atom. The van der Waals surface area contributed by atoms with E-state index in [2.05, 4.69) is 28.5 Å². The Bertz CT molecular complexity index is 960. The molecular weight excluding hydrogens is 317 g/mol. The van der Waals surface area contributed by atoms with Gasteiger partial charge in [0.15, 0.2) is 0 Å². The number of hydrogen-bond acceptors (Lipinski definition) is 1. The molecule has 0 fully saturated rings. The van der Waals surface area contributed by atoms with Gasteiger partial charge >= 0.3 is 6.03 Å². The number of anilines is 1. The SMILES string of the molecule is O=C(Nc1ccccc1F)N1CC=C(c2c[nH]c3ccccc23)CC1. The van der Waals surface area contributed by atoms with Crippen LogP contribution >= 0.6 is 0 Å². The first-order valence-corrected chi connectivity index (χ1v) is 8.28. The zero-order valence-electron chi connectivity index (χ0n) is 13.6. The molecule has 0 spiro atoms. The predicted molar refractivity (Wildman–Crippen MR) is 97.9 cm³/mol. The molecule has 1 aliphatic heterocycles. The number of benzene rings is 2. The minimum Gasteiger partial charge on any atom is -0.361 e. The topological polar surface area (TPSA) is 48.1 Å². The Labute approximate surface area is 145 Å². The van der Waals surface area contributed by atoms with Gasteiger partial charge in [0, 0.05) is 35.8 Å². The number of aromatic nitrogens is 1. The van der Waals surface area contributed by atoms with Gasteiger partial charge in [-0.25, -0.2) is 9.18 Å². The molecule has 0 radical (unpaired) electrons. The number of nitrogens with zero attached hydrogens (tertiary/aromatic N) is 1. The molecule has 25 heavy (non-hydrogen) atoms. The highest BCUT2D eigenvalue weighted by Crippen LogP contribution is 2.29. The summed E-state index contributed by atoms with van der Waals surface area (Å²) < 4.78 is 13.7. The number of aromatic amines is 1. The Kier molecular flexibility index (Phi) is 3.98. The van der Waals surface area contributed by atoms with Gasteiger partial charge in [-0.3, -0.25) is 0 Å². The van der Waals surface area contributed by atoms with Crippen LogP contribution in [0.25, 0.3) is 16.5 Å². The molecule has 1 aliphatic rings. The molecule has 2 amide bonds. The van der Waals surface area contributed by atoms with Gasteiger partial charge in [0.25, 0.3) is 0 Å². The van der Waals surface area contributed by atoms with E-state index in [9.17, 15) is 9.18 Å². The fourth-order valence-corrected chi connectivity index (χ4v) is 3.19. The molecule has 1 aromatic heterocycles. The van der Waals surface area contributed by atoms with Crippen molar-refractivity contribution < 1.29 is 9.18 Å². The van der Waals surface area contributed by atoms with Crippen LogP contribution in [0.5, 0.6) is 0 Å². The molecule has 2 N–H and O–H groups in total. The van der Waals surface area contributed by atoms with Crippen molar-refractivity contribution in [3.8, 4) is 0 Å². The lowest BCUT2D eigenvalue weighted by molar-refractivity contribution is 0.217. The summed E-state index contributed by atoms with van der Waals surface area (Å²) in [5.74, 6) is -0.428. The van der Waals surface area contributed by atoms with Gasteiger partial charge in [0.2, 0.25) is 0 Å². The highest BCUT2D eigenvalue weighted by atomic mass is 19.1. The van der Waals surface area contributed by atoms with Gasteiger partial charge < -0.3 is 15.2 Å². The second-order valence-electron chi connectivity index (χ2n) is 6.08. The van der Waals surface area contributed by atoms with E-state index in [0.29, 0.717) is 13.1 Å². The number of halogens is 1. The highest BCUT2D eigenvalue weighted by Gasteiger charge is 2.20. The van der Waals surface area contributed by atoms with E-state index in [-0.39, 0.29) is 11.7 Å². The maximum absolute atomic E-state index is 13.7. The Morgan fingerprint density at radius 1 is 1.12 bits per heavy atom. The summed E-state index contributed by atoms with van der Waals surface area (Å²) in [6, 6.07) is 14.1. The van der Waals surface area contributed by atoms with Gasteiger partial charge in [-0.1, -0.05) is 36.4 Å². The maximum Gasteiger partial charge on any atom is 0.322 e. The van der Waals surface area contributed by atoms with Crippen LogP contribution in [-0.2, 0) is 0 Å². The summed E-state index contributed by atoms with van der Waals surface area (Å²) in [6.07, 6.45) is 4.86. The molecule has 0 atom stereocenters. The van der Waals surface area contributed by atoms with E-state index in [1.807, 2.05) is 18.3 Å². The molecule has 0 bridgehead atoms. The van der Waals surface area contributed by atoms with Crippen LogP contribution in [0.4, 0.5) is 14.9 Å². The van der Waals surface area contributed by atoms with E-state index < -0.39 is 5.82 Å². The summed E-state index contributed by atoms with van der Waals surface area (Å²) >= 11 is 0. The van der Waals surface area contributed by atoms with Crippen LogP contribution in [0.15, 0.2) is 60.8 Å². The maximum atomic E-state index is 13.7. The van der Waals surface area contributed by atoms with Crippen LogP contribution in [-0.4, -0.2) is 29.0 Å². The van der Waals surface area contributed by atoms with Crippen molar-refractivity contribution >= 4 is 28.2 Å². The zero-order valence-corrected chi connectivity index (χ0v) is 13.6. The fourth-order valence-electron chi connectivity index (χ4n) is 3.19. The van der Waals surface area contributed by atoms with Crippen molar-refractivity contribution in [2.45, 2.75) is 6.42 Å². The molecule has 2 aromatic carbocycles. The second-order valence-corrected chi connectivity index (χ2v) is 6.08. The smallest absolute Gasteiger partial charge is 0.322 e. The number of urea groups is 1. The first-order valence-electron chi connectivity index (χ1n) is 8.28. The molecule has 2 heterocycles. The number of para-hydroxylation sites is 2. The Morgan fingerprint density at radius 2 is 1.92 bits per heavy atom. The van der Waals surface area contributed by atoms with Crippen molar-refractivity contribution in [1.82, 2.24) is 9.88 Å². The first kappa shape index (κ1) is 15.4. The standard InChI is InChI=1S/C20H18FN3O/c21-17-6-2-4-8-19(17)23-20(25)24-11-9-14(10-12-24)16-13-22-18-7-3-1-5-15(16)18/h1-9,13,22H,10-12H2,(H,23,25). The lowest BCUT2D eigenvalue weighted by Gasteiger charge is -2.26. The third-order valence-corrected chi connectivity index (χ3v) is 4.55. The molecule has 0 aliphatic carbocycles. The molecular formula is C20H18FN3O. The third kappa shape index (κ3) is 3.01. The summed E-state index contributed by atoms with van der Waals surface area (Å²) in [5, 5.41) is 3.83. The Hall–Kier alpha value is -3.08. The molecule has 0 saturated heterocycles. The summed E-state index contributed by atoms with van der Waals surface area (Å²) in [5.41, 5.74) is 3.73. The van der Waals surface area contributed by atoms with Crippen molar-refractivity contribution in [2.75, 3.05) is 18.4 Å².